The third-order valence-electron chi connectivity index (χ3n) is 5.99. The fraction of sp³-hybridized carbons (Fsp3) is 0.360. The summed E-state index contributed by atoms with van der Waals surface area (Å²) in [6.45, 7) is 7.45. The van der Waals surface area contributed by atoms with Crippen LogP contribution in [0.15, 0.2) is 65.3 Å². The van der Waals surface area contributed by atoms with Gasteiger partial charge in [0.1, 0.15) is 5.92 Å². The summed E-state index contributed by atoms with van der Waals surface area (Å²) in [4.78, 5) is 27.5. The van der Waals surface area contributed by atoms with Crippen molar-refractivity contribution >= 4 is 23.1 Å². The summed E-state index contributed by atoms with van der Waals surface area (Å²) in [6.07, 6.45) is -4.04. The lowest BCUT2D eigenvalue weighted by Crippen LogP contribution is -2.42. The molecule has 3 unspecified atom stereocenters. The Morgan fingerprint density at radius 3 is 2.45 bits per heavy atom. The van der Waals surface area contributed by atoms with Crippen molar-refractivity contribution in [1.82, 2.24) is 5.32 Å². The van der Waals surface area contributed by atoms with Crippen LogP contribution in [0.2, 0.25) is 0 Å². The molecule has 174 valence electrons. The van der Waals surface area contributed by atoms with E-state index in [0.717, 1.165) is 17.0 Å². The van der Waals surface area contributed by atoms with Gasteiger partial charge in [0.05, 0.1) is 11.7 Å². The van der Waals surface area contributed by atoms with Crippen LogP contribution < -0.4 is 5.32 Å². The molecule has 1 aromatic heterocycles. The van der Waals surface area contributed by atoms with E-state index in [2.05, 4.69) is 11.9 Å². The van der Waals surface area contributed by atoms with E-state index >= 15 is 0 Å². The molecule has 0 saturated carbocycles. The highest BCUT2D eigenvalue weighted by atomic mass is 32.1. The van der Waals surface area contributed by atoms with E-state index in [1.807, 2.05) is 17.5 Å². The Hall–Kier alpha value is -2.87. The van der Waals surface area contributed by atoms with Gasteiger partial charge in [-0.25, -0.2) is 0 Å². The summed E-state index contributed by atoms with van der Waals surface area (Å²) in [5, 5.41) is 5.13. The Labute approximate surface area is 194 Å². The van der Waals surface area contributed by atoms with Crippen LogP contribution in [0.4, 0.5) is 13.2 Å². The first-order valence-corrected chi connectivity index (χ1v) is 11.6. The highest BCUT2D eigenvalue weighted by Gasteiger charge is 2.46. The number of ketones is 1. The predicted molar refractivity (Wildman–Crippen MR) is 120 cm³/mol. The molecule has 1 aliphatic carbocycles. The van der Waals surface area contributed by atoms with E-state index < -0.39 is 29.5 Å². The van der Waals surface area contributed by atoms with Crippen molar-refractivity contribution < 1.29 is 27.5 Å². The Kier molecular flexibility index (Phi) is 6.22. The summed E-state index contributed by atoms with van der Waals surface area (Å²) in [7, 11) is 0. The first-order valence-electron chi connectivity index (χ1n) is 10.7. The van der Waals surface area contributed by atoms with E-state index in [9.17, 15) is 22.8 Å². The van der Waals surface area contributed by atoms with Crippen molar-refractivity contribution in [2.45, 2.75) is 50.8 Å². The minimum atomic E-state index is -4.48. The van der Waals surface area contributed by atoms with Crippen LogP contribution in [-0.4, -0.2) is 17.9 Å². The van der Waals surface area contributed by atoms with Crippen LogP contribution in [-0.2, 0) is 20.5 Å². The maximum atomic E-state index is 13.4. The molecule has 8 heteroatoms. The maximum absolute atomic E-state index is 13.4. The van der Waals surface area contributed by atoms with Gasteiger partial charge in [0.2, 0.25) is 0 Å². The number of carbonyl (C=O) groups is 2. The van der Waals surface area contributed by atoms with Crippen molar-refractivity contribution in [3.63, 3.8) is 0 Å². The molecule has 4 nitrogen and oxygen atoms in total. The Morgan fingerprint density at radius 2 is 1.88 bits per heavy atom. The van der Waals surface area contributed by atoms with Gasteiger partial charge in [-0.2, -0.15) is 13.2 Å². The molecule has 1 N–H and O–H groups in total. The van der Waals surface area contributed by atoms with E-state index in [-0.39, 0.29) is 24.2 Å². The second-order valence-corrected chi connectivity index (χ2v) is 9.63. The number of alkyl halides is 3. The summed E-state index contributed by atoms with van der Waals surface area (Å²) in [6, 6.07) is 8.56. The molecule has 0 bridgehead atoms. The minimum Gasteiger partial charge on any atom is -0.462 e. The monoisotopic (exact) mass is 475 g/mol. The molecule has 0 spiro atoms. The number of rotatable bonds is 4. The Bertz CT molecular complexity index is 1100. The van der Waals surface area contributed by atoms with Gasteiger partial charge in [-0.15, -0.1) is 11.3 Å². The number of ether oxygens (including phenoxy) is 1. The quantitative estimate of drug-likeness (QED) is 0.557. The molecule has 0 fully saturated rings. The number of thiophene rings is 1. The van der Waals surface area contributed by atoms with Crippen molar-refractivity contribution in [3.05, 3.63) is 81.3 Å². The van der Waals surface area contributed by atoms with Crippen molar-refractivity contribution in [2.75, 3.05) is 0 Å². The second kappa shape index (κ2) is 8.82. The zero-order valence-electron chi connectivity index (χ0n) is 18.2. The Balaban J connectivity index is 1.79. The highest BCUT2D eigenvalue weighted by Crippen LogP contribution is 2.48. The van der Waals surface area contributed by atoms with Gasteiger partial charge in [-0.05, 0) is 49.4 Å². The molecule has 1 aromatic carbocycles. The fourth-order valence-electron chi connectivity index (χ4n) is 4.60. The minimum absolute atomic E-state index is 0.00368. The number of allylic oxidation sites excluding steroid dienone is 2. The lowest BCUT2D eigenvalue weighted by atomic mass is 9.69. The van der Waals surface area contributed by atoms with Crippen molar-refractivity contribution in [1.29, 1.82) is 0 Å². The van der Waals surface area contributed by atoms with E-state index in [1.54, 1.807) is 25.2 Å². The molecule has 0 amide bonds. The molecule has 2 heterocycles. The number of esters is 1. The lowest BCUT2D eigenvalue weighted by Gasteiger charge is -2.40. The lowest BCUT2D eigenvalue weighted by molar-refractivity contribution is -0.151. The summed E-state index contributed by atoms with van der Waals surface area (Å²) in [5.74, 6) is -2.37. The SMILES string of the molecule is C=C1NC2=C(C(=O)CC(c3cccs3)C2)C(c2ccc(C(F)(F)F)cc2)C1C(=O)OC(C)C. The highest BCUT2D eigenvalue weighted by molar-refractivity contribution is 7.10. The summed E-state index contributed by atoms with van der Waals surface area (Å²) >= 11 is 1.58. The molecule has 1 aliphatic heterocycles. The number of nitrogens with one attached hydrogen (secondary N) is 1. The number of halogens is 3. The average molecular weight is 476 g/mol. The van der Waals surface area contributed by atoms with Crippen LogP contribution in [0.5, 0.6) is 0 Å². The third kappa shape index (κ3) is 4.62. The predicted octanol–water partition coefficient (Wildman–Crippen LogP) is 5.94. The van der Waals surface area contributed by atoms with Gasteiger partial charge >= 0.3 is 12.1 Å². The fourth-order valence-corrected chi connectivity index (χ4v) is 5.43. The number of carbonyl (C=O) groups excluding carboxylic acids is 2. The molecule has 4 rings (SSSR count). The molecule has 2 aromatic rings. The third-order valence-corrected chi connectivity index (χ3v) is 7.02. The van der Waals surface area contributed by atoms with E-state index in [0.29, 0.717) is 29.0 Å². The van der Waals surface area contributed by atoms with Gasteiger partial charge in [0, 0.05) is 40.1 Å². The van der Waals surface area contributed by atoms with Gasteiger partial charge in [0.25, 0.3) is 0 Å². The molecule has 2 aliphatic rings. The topological polar surface area (TPSA) is 55.4 Å². The maximum Gasteiger partial charge on any atom is 0.416 e. The zero-order chi connectivity index (χ0) is 23.9. The van der Waals surface area contributed by atoms with Crippen LogP contribution in [0.3, 0.4) is 0 Å². The van der Waals surface area contributed by atoms with Crippen LogP contribution in [0, 0.1) is 5.92 Å². The largest absolute Gasteiger partial charge is 0.462 e. The summed E-state index contributed by atoms with van der Waals surface area (Å²) in [5.41, 5.74) is 1.15. The standard InChI is InChI=1S/C25H24F3NO3S/c1-13(2)32-24(31)21-14(3)29-18-11-16(20-5-4-10-33-20)12-19(30)23(18)22(21)15-6-8-17(9-7-15)25(26,27)28/h4-10,13,16,21-22,29H,3,11-12H2,1-2H3. The van der Waals surface area contributed by atoms with E-state index in [1.165, 1.54) is 12.1 Å². The van der Waals surface area contributed by atoms with Crippen molar-refractivity contribution in [3.8, 4) is 0 Å². The zero-order valence-corrected chi connectivity index (χ0v) is 19.1. The Morgan fingerprint density at radius 1 is 1.18 bits per heavy atom. The number of hydrogen-bond donors (Lipinski definition) is 1. The van der Waals surface area contributed by atoms with Crippen LogP contribution in [0.25, 0.3) is 0 Å². The normalized spacial score (nSPS) is 23.4. The smallest absolute Gasteiger partial charge is 0.416 e. The molecule has 33 heavy (non-hydrogen) atoms. The summed E-state index contributed by atoms with van der Waals surface area (Å²) < 4.78 is 44.8. The van der Waals surface area contributed by atoms with Gasteiger partial charge < -0.3 is 10.1 Å². The number of Topliss-reactive ketones (excluding diaryl/α,β-unsaturated/α-hetero) is 1. The molecule has 3 atom stereocenters. The van der Waals surface area contributed by atoms with Crippen LogP contribution >= 0.6 is 11.3 Å². The number of benzene rings is 1. The van der Waals surface area contributed by atoms with Gasteiger partial charge in [-0.3, -0.25) is 9.59 Å². The molecular formula is C25H24F3NO3S. The number of hydrogen-bond acceptors (Lipinski definition) is 5. The van der Waals surface area contributed by atoms with Gasteiger partial charge in [-0.1, -0.05) is 24.8 Å². The van der Waals surface area contributed by atoms with E-state index in [4.69, 9.17) is 4.74 Å². The molecule has 0 radical (unpaired) electrons. The first kappa shape index (κ1) is 23.3. The average Bonchev–Trinajstić information content (AvgIpc) is 3.26. The second-order valence-electron chi connectivity index (χ2n) is 8.65. The molecule has 0 saturated heterocycles. The van der Waals surface area contributed by atoms with Crippen molar-refractivity contribution in [2.24, 2.45) is 5.92 Å². The van der Waals surface area contributed by atoms with Crippen LogP contribution in [0.1, 0.15) is 54.5 Å². The first-order chi connectivity index (χ1) is 15.6. The van der Waals surface area contributed by atoms with Gasteiger partial charge in [0.15, 0.2) is 5.78 Å². The molecular weight excluding hydrogens is 451 g/mol.